The molecule has 1 aromatic heterocycles. The van der Waals surface area contributed by atoms with E-state index in [-0.39, 0.29) is 0 Å². The molecule has 84 valence electrons. The molecule has 0 bridgehead atoms. The van der Waals surface area contributed by atoms with Gasteiger partial charge in [-0.2, -0.15) is 4.98 Å². The van der Waals surface area contributed by atoms with E-state index in [0.29, 0.717) is 18.2 Å². The molecule has 0 saturated heterocycles. The summed E-state index contributed by atoms with van der Waals surface area (Å²) in [5.74, 6) is 1.42. The number of nitrogen functional groups attached to an aromatic ring is 1. The van der Waals surface area contributed by atoms with Gasteiger partial charge in [-0.25, -0.2) is 0 Å². The van der Waals surface area contributed by atoms with Crippen LogP contribution in [-0.2, 0) is 0 Å². The van der Waals surface area contributed by atoms with Crippen molar-refractivity contribution in [3.8, 4) is 5.88 Å². The van der Waals surface area contributed by atoms with Crippen LogP contribution >= 0.6 is 0 Å². The molecule has 0 saturated carbocycles. The summed E-state index contributed by atoms with van der Waals surface area (Å²) in [6, 6.07) is 3.73. The van der Waals surface area contributed by atoms with E-state index in [0.717, 1.165) is 18.8 Å². The molecule has 2 N–H and O–H groups in total. The van der Waals surface area contributed by atoms with Crippen LogP contribution in [0.2, 0.25) is 0 Å². The molecule has 0 fully saturated rings. The predicted octanol–water partition coefficient (Wildman–Crippen LogP) is 1.91. The third kappa shape index (κ3) is 3.01. The first-order chi connectivity index (χ1) is 7.19. The molecular formula is C11H19N3O. The second kappa shape index (κ2) is 5.44. The highest BCUT2D eigenvalue weighted by atomic mass is 16.5. The minimum atomic E-state index is 0.537. The number of nitrogens with zero attached hydrogens (tertiary/aromatic N) is 2. The lowest BCUT2D eigenvalue weighted by molar-refractivity contribution is 0.307. The lowest BCUT2D eigenvalue weighted by Crippen LogP contribution is -2.17. The van der Waals surface area contributed by atoms with Crippen molar-refractivity contribution in [3.63, 3.8) is 0 Å². The first-order valence-electron chi connectivity index (χ1n) is 5.29. The van der Waals surface area contributed by atoms with Gasteiger partial charge in [0.1, 0.15) is 5.82 Å². The van der Waals surface area contributed by atoms with Crippen molar-refractivity contribution in [3.05, 3.63) is 12.1 Å². The minimum Gasteiger partial charge on any atom is -0.476 e. The molecule has 0 aliphatic carbocycles. The van der Waals surface area contributed by atoms with Crippen molar-refractivity contribution < 1.29 is 4.74 Å². The molecule has 0 atom stereocenters. The Balaban J connectivity index is 2.84. The lowest BCUT2D eigenvalue weighted by atomic mass is 10.4. The summed E-state index contributed by atoms with van der Waals surface area (Å²) in [7, 11) is 1.99. The van der Waals surface area contributed by atoms with E-state index in [4.69, 9.17) is 10.5 Å². The summed E-state index contributed by atoms with van der Waals surface area (Å²) in [6.07, 6.45) is 0.953. The monoisotopic (exact) mass is 209 g/mol. The second-order valence-electron chi connectivity index (χ2n) is 3.43. The maximum atomic E-state index is 5.77. The second-order valence-corrected chi connectivity index (χ2v) is 3.43. The summed E-state index contributed by atoms with van der Waals surface area (Å²) >= 11 is 0. The van der Waals surface area contributed by atoms with Crippen LogP contribution in [0.25, 0.3) is 0 Å². The van der Waals surface area contributed by atoms with E-state index in [1.807, 2.05) is 24.1 Å². The van der Waals surface area contributed by atoms with Gasteiger partial charge in [0, 0.05) is 13.6 Å². The number of anilines is 2. The number of ether oxygens (including phenoxy) is 1. The number of pyridine rings is 1. The molecular weight excluding hydrogens is 190 g/mol. The quantitative estimate of drug-likeness (QED) is 0.804. The Hall–Kier alpha value is -1.45. The predicted molar refractivity (Wildman–Crippen MR) is 63.4 cm³/mol. The van der Waals surface area contributed by atoms with E-state index in [2.05, 4.69) is 18.8 Å². The van der Waals surface area contributed by atoms with Gasteiger partial charge in [0.2, 0.25) is 5.88 Å². The van der Waals surface area contributed by atoms with Crippen LogP contribution in [0.1, 0.15) is 20.3 Å². The molecule has 15 heavy (non-hydrogen) atoms. The van der Waals surface area contributed by atoms with Gasteiger partial charge in [-0.05, 0) is 25.5 Å². The van der Waals surface area contributed by atoms with E-state index >= 15 is 0 Å². The van der Waals surface area contributed by atoms with Crippen LogP contribution in [0.4, 0.5) is 11.5 Å². The Morgan fingerprint density at radius 1 is 1.40 bits per heavy atom. The van der Waals surface area contributed by atoms with E-state index in [1.54, 1.807) is 0 Å². The molecule has 1 heterocycles. The molecule has 4 nitrogen and oxygen atoms in total. The average molecular weight is 209 g/mol. The molecule has 1 rings (SSSR count). The highest BCUT2D eigenvalue weighted by Crippen LogP contribution is 2.22. The summed E-state index contributed by atoms with van der Waals surface area (Å²) in [5.41, 5.74) is 6.36. The van der Waals surface area contributed by atoms with Crippen LogP contribution in [0.15, 0.2) is 12.1 Å². The normalized spacial score (nSPS) is 10.1. The standard InChI is InChI=1S/C11H19N3O/c1-4-8-15-11-9(12)6-7-10(13-11)14(3)5-2/h6-7H,4-5,8,12H2,1-3H3. The fourth-order valence-electron chi connectivity index (χ4n) is 1.13. The summed E-state index contributed by atoms with van der Waals surface area (Å²) < 4.78 is 5.46. The van der Waals surface area contributed by atoms with Crippen LogP contribution in [0.5, 0.6) is 5.88 Å². The van der Waals surface area contributed by atoms with Crippen LogP contribution in [-0.4, -0.2) is 25.2 Å². The van der Waals surface area contributed by atoms with Gasteiger partial charge in [0.25, 0.3) is 0 Å². The fourth-order valence-corrected chi connectivity index (χ4v) is 1.13. The largest absolute Gasteiger partial charge is 0.476 e. The Morgan fingerprint density at radius 2 is 2.13 bits per heavy atom. The number of aromatic nitrogens is 1. The highest BCUT2D eigenvalue weighted by molar-refractivity contribution is 5.54. The molecule has 0 amide bonds. The SMILES string of the molecule is CCCOc1nc(N(C)CC)ccc1N. The molecule has 0 radical (unpaired) electrons. The lowest BCUT2D eigenvalue weighted by Gasteiger charge is -2.17. The molecule has 0 spiro atoms. The first-order valence-corrected chi connectivity index (χ1v) is 5.29. The van der Waals surface area contributed by atoms with Gasteiger partial charge in [0.05, 0.1) is 12.3 Å². The van der Waals surface area contributed by atoms with Crippen molar-refractivity contribution in [1.82, 2.24) is 4.98 Å². The van der Waals surface area contributed by atoms with Gasteiger partial charge in [-0.3, -0.25) is 0 Å². The zero-order chi connectivity index (χ0) is 11.3. The molecule has 0 aliphatic rings. The third-order valence-corrected chi connectivity index (χ3v) is 2.18. The highest BCUT2D eigenvalue weighted by Gasteiger charge is 2.06. The van der Waals surface area contributed by atoms with Gasteiger partial charge in [0.15, 0.2) is 0 Å². The maximum absolute atomic E-state index is 5.77. The first kappa shape index (κ1) is 11.6. The van der Waals surface area contributed by atoms with Crippen molar-refractivity contribution in [2.75, 3.05) is 30.8 Å². The Labute approximate surface area is 91.1 Å². The average Bonchev–Trinajstić information content (AvgIpc) is 2.27. The maximum Gasteiger partial charge on any atom is 0.239 e. The summed E-state index contributed by atoms with van der Waals surface area (Å²) in [6.45, 7) is 5.68. The Kier molecular flexibility index (Phi) is 4.21. The third-order valence-electron chi connectivity index (χ3n) is 2.18. The molecule has 4 heteroatoms. The number of nitrogens with two attached hydrogens (primary N) is 1. The Bertz CT molecular complexity index is 315. The number of hydrogen-bond acceptors (Lipinski definition) is 4. The van der Waals surface area contributed by atoms with E-state index < -0.39 is 0 Å². The molecule has 1 aromatic rings. The molecule has 0 aromatic carbocycles. The van der Waals surface area contributed by atoms with Gasteiger partial charge in [-0.1, -0.05) is 6.92 Å². The minimum absolute atomic E-state index is 0.537. The fraction of sp³-hybridized carbons (Fsp3) is 0.545. The van der Waals surface area contributed by atoms with Gasteiger partial charge < -0.3 is 15.4 Å². The van der Waals surface area contributed by atoms with Crippen LogP contribution in [0, 0.1) is 0 Å². The zero-order valence-electron chi connectivity index (χ0n) is 9.66. The molecule has 0 aliphatic heterocycles. The van der Waals surface area contributed by atoms with Gasteiger partial charge in [-0.15, -0.1) is 0 Å². The summed E-state index contributed by atoms with van der Waals surface area (Å²) in [4.78, 5) is 6.40. The van der Waals surface area contributed by atoms with E-state index in [9.17, 15) is 0 Å². The number of hydrogen-bond donors (Lipinski definition) is 1. The summed E-state index contributed by atoms with van der Waals surface area (Å²) in [5, 5.41) is 0. The van der Waals surface area contributed by atoms with Crippen LogP contribution in [0.3, 0.4) is 0 Å². The van der Waals surface area contributed by atoms with Crippen molar-refractivity contribution in [2.24, 2.45) is 0 Å². The molecule has 0 unspecified atom stereocenters. The Morgan fingerprint density at radius 3 is 2.73 bits per heavy atom. The van der Waals surface area contributed by atoms with Crippen LogP contribution < -0.4 is 15.4 Å². The topological polar surface area (TPSA) is 51.4 Å². The van der Waals surface area contributed by atoms with Crippen molar-refractivity contribution in [2.45, 2.75) is 20.3 Å². The smallest absolute Gasteiger partial charge is 0.239 e. The van der Waals surface area contributed by atoms with Crippen molar-refractivity contribution in [1.29, 1.82) is 0 Å². The van der Waals surface area contributed by atoms with Gasteiger partial charge >= 0.3 is 0 Å². The van der Waals surface area contributed by atoms with Crippen molar-refractivity contribution >= 4 is 11.5 Å². The number of rotatable bonds is 5. The van der Waals surface area contributed by atoms with E-state index in [1.165, 1.54) is 0 Å². The zero-order valence-corrected chi connectivity index (χ0v) is 9.66.